The summed E-state index contributed by atoms with van der Waals surface area (Å²) in [7, 11) is 1.81. The van der Waals surface area contributed by atoms with Gasteiger partial charge in [0.25, 0.3) is 0 Å². The van der Waals surface area contributed by atoms with Gasteiger partial charge in [-0.1, -0.05) is 270 Å². The normalized spacial score (nSPS) is 14.0. The Hall–Kier alpha value is -2.13. The quantitative estimate of drug-likeness (QED) is 0.0327. The zero-order valence-corrected chi connectivity index (χ0v) is 52.5. The maximum Gasteiger partial charge on any atom is 0.177 e. The summed E-state index contributed by atoms with van der Waals surface area (Å²) >= 11 is 7.33. The van der Waals surface area contributed by atoms with Crippen molar-refractivity contribution in [3.05, 3.63) is 40.3 Å². The highest BCUT2D eigenvalue weighted by atomic mass is 32.1. The lowest BCUT2D eigenvalue weighted by molar-refractivity contribution is 0.0394. The SMILES string of the molecule is CCCCCCCCCCCCC1(CCCCCCCCCCCC)Oc2cc(C=O)sc2-c2sc(-c3cc4c(s3)-c3sc(OC)cc3OC4(CCCCCCCCCCCC)CCCCCCCCCCCC)cc21. The Balaban J connectivity index is 1.27. The molecule has 0 amide bonds. The minimum absolute atomic E-state index is 0.349. The first-order chi connectivity index (χ1) is 37.4. The summed E-state index contributed by atoms with van der Waals surface area (Å²) in [5, 5.41) is 0.934. The number of aldehydes is 1. The molecular formula is C68H108O4S4. The number of rotatable bonds is 47. The van der Waals surface area contributed by atoms with Gasteiger partial charge in [-0.15, -0.1) is 34.0 Å². The zero-order chi connectivity index (χ0) is 53.5. The van der Waals surface area contributed by atoms with Crippen molar-refractivity contribution in [2.24, 2.45) is 0 Å². The molecule has 0 aliphatic carbocycles. The van der Waals surface area contributed by atoms with E-state index in [4.69, 9.17) is 14.2 Å². The van der Waals surface area contributed by atoms with Crippen LogP contribution in [0.2, 0.25) is 0 Å². The van der Waals surface area contributed by atoms with E-state index in [1.54, 1.807) is 22.7 Å². The Labute approximate surface area is 482 Å². The monoisotopic (exact) mass is 1120 g/mol. The van der Waals surface area contributed by atoms with Crippen molar-refractivity contribution in [3.8, 4) is 45.8 Å². The molecule has 4 nitrogen and oxygen atoms in total. The van der Waals surface area contributed by atoms with Crippen LogP contribution in [-0.2, 0) is 11.2 Å². The Kier molecular flexibility index (Phi) is 30.1. The van der Waals surface area contributed by atoms with Gasteiger partial charge < -0.3 is 14.2 Å². The number of hydrogen-bond acceptors (Lipinski definition) is 8. The number of ether oxygens (including phenoxy) is 3. The van der Waals surface area contributed by atoms with Crippen molar-refractivity contribution in [1.82, 2.24) is 0 Å². The van der Waals surface area contributed by atoms with E-state index >= 15 is 0 Å². The topological polar surface area (TPSA) is 44.8 Å². The number of carbonyl (C=O) groups excluding carboxylic acids is 1. The summed E-state index contributed by atoms with van der Waals surface area (Å²) in [5.41, 5.74) is 2.06. The van der Waals surface area contributed by atoms with Crippen LogP contribution in [0.3, 0.4) is 0 Å². The van der Waals surface area contributed by atoms with Gasteiger partial charge in [-0.3, -0.25) is 4.79 Å². The molecule has 0 radical (unpaired) electrons. The highest BCUT2D eigenvalue weighted by Crippen LogP contribution is 2.61. The molecule has 2 aliphatic rings. The van der Waals surface area contributed by atoms with Crippen LogP contribution in [0.1, 0.15) is 331 Å². The summed E-state index contributed by atoms with van der Waals surface area (Å²) in [6.45, 7) is 9.25. The zero-order valence-electron chi connectivity index (χ0n) is 49.3. The molecule has 0 bridgehead atoms. The first kappa shape index (κ1) is 63.1. The van der Waals surface area contributed by atoms with Crippen LogP contribution in [0.25, 0.3) is 29.3 Å². The molecule has 0 aromatic carbocycles. The van der Waals surface area contributed by atoms with Crippen LogP contribution in [-0.4, -0.2) is 13.4 Å². The van der Waals surface area contributed by atoms with Crippen molar-refractivity contribution < 1.29 is 19.0 Å². The van der Waals surface area contributed by atoms with Gasteiger partial charge in [-0.05, 0) is 63.5 Å². The van der Waals surface area contributed by atoms with Gasteiger partial charge in [0, 0.05) is 33.0 Å². The van der Waals surface area contributed by atoms with E-state index in [0.29, 0.717) is 0 Å². The molecule has 2 aliphatic heterocycles. The lowest BCUT2D eigenvalue weighted by Gasteiger charge is -2.38. The Morgan fingerprint density at radius 3 is 0.961 bits per heavy atom. The molecule has 0 fully saturated rings. The van der Waals surface area contributed by atoms with E-state index in [2.05, 4.69) is 52.0 Å². The van der Waals surface area contributed by atoms with Gasteiger partial charge in [-0.2, -0.15) is 0 Å². The molecule has 0 saturated heterocycles. The molecule has 6 heterocycles. The third-order valence-corrected chi connectivity index (χ3v) is 22.1. The van der Waals surface area contributed by atoms with Gasteiger partial charge >= 0.3 is 0 Å². The number of carbonyl (C=O) groups is 1. The Morgan fingerprint density at radius 2 is 0.658 bits per heavy atom. The third-order valence-electron chi connectivity index (χ3n) is 17.2. The van der Waals surface area contributed by atoms with Gasteiger partial charge in [0.05, 0.1) is 31.5 Å². The summed E-state index contributed by atoms with van der Waals surface area (Å²) in [4.78, 5) is 21.1. The number of hydrogen-bond donors (Lipinski definition) is 0. The Morgan fingerprint density at radius 1 is 0.368 bits per heavy atom. The highest BCUT2D eigenvalue weighted by molar-refractivity contribution is 7.29. The molecule has 0 saturated carbocycles. The van der Waals surface area contributed by atoms with E-state index in [0.717, 1.165) is 58.3 Å². The van der Waals surface area contributed by atoms with Crippen molar-refractivity contribution in [2.75, 3.05) is 7.11 Å². The van der Waals surface area contributed by atoms with E-state index in [1.165, 1.54) is 292 Å². The van der Waals surface area contributed by atoms with Crippen molar-refractivity contribution in [3.63, 3.8) is 0 Å². The largest absolute Gasteiger partial charge is 0.487 e. The van der Waals surface area contributed by atoms with Gasteiger partial charge in [0.15, 0.2) is 11.3 Å². The maximum absolute atomic E-state index is 12.5. The Bertz CT molecular complexity index is 2110. The van der Waals surface area contributed by atoms with E-state index in [9.17, 15) is 4.79 Å². The summed E-state index contributed by atoms with van der Waals surface area (Å²) in [6, 6.07) is 9.39. The number of unbranched alkanes of at least 4 members (excludes halogenated alkanes) is 36. The molecule has 0 spiro atoms. The molecule has 8 heteroatoms. The number of thiophene rings is 4. The smallest absolute Gasteiger partial charge is 0.177 e. The van der Waals surface area contributed by atoms with Crippen LogP contribution in [0, 0.1) is 0 Å². The second kappa shape index (κ2) is 36.3. The second-order valence-electron chi connectivity index (χ2n) is 23.6. The second-order valence-corrected chi connectivity index (χ2v) is 27.8. The standard InChI is InChI=1S/C68H108O4S4/c1-6-10-14-18-22-26-30-34-38-42-46-67(47-43-39-35-31-27-23-19-15-11-7-2)56-51-60(74-63(56)65-58(71-67)50-55(54-69)73-65)61-52-57-64(75-61)66-59(53-62(70-5)76-66)72-68(57,48-44-40-36-32-28-24-20-16-12-8-3)49-45-41-37-33-29-25-21-17-13-9-4/h50-54H,6-49H2,1-5H3. The predicted octanol–water partition coefficient (Wildman–Crippen LogP) is 25.2. The maximum atomic E-state index is 12.5. The molecule has 6 rings (SSSR count). The molecule has 4 aromatic heterocycles. The minimum Gasteiger partial charge on any atom is -0.487 e. The molecule has 428 valence electrons. The summed E-state index contributed by atoms with van der Waals surface area (Å²) in [6.07, 6.45) is 58.6. The first-order valence-electron chi connectivity index (χ1n) is 32.4. The van der Waals surface area contributed by atoms with Crippen LogP contribution in [0.5, 0.6) is 16.6 Å². The third kappa shape index (κ3) is 19.6. The van der Waals surface area contributed by atoms with Crippen molar-refractivity contribution in [2.45, 2.75) is 321 Å². The average Bonchev–Trinajstić information content (AvgIpc) is 4.28. The molecule has 4 aromatic rings. The van der Waals surface area contributed by atoms with Gasteiger partial charge in [0.2, 0.25) is 0 Å². The predicted molar refractivity (Wildman–Crippen MR) is 337 cm³/mol. The van der Waals surface area contributed by atoms with Crippen molar-refractivity contribution >= 4 is 51.6 Å². The molecular weight excluding hydrogens is 1010 g/mol. The highest BCUT2D eigenvalue weighted by Gasteiger charge is 2.45. The number of methoxy groups -OCH3 is 1. The van der Waals surface area contributed by atoms with Gasteiger partial charge in [-0.25, -0.2) is 0 Å². The lowest BCUT2D eigenvalue weighted by Crippen LogP contribution is -2.35. The minimum atomic E-state index is -0.387. The lowest BCUT2D eigenvalue weighted by atomic mass is 9.81. The molecule has 76 heavy (non-hydrogen) atoms. The van der Waals surface area contributed by atoms with E-state index < -0.39 is 0 Å². The summed E-state index contributed by atoms with van der Waals surface area (Å²) < 4.78 is 20.9. The van der Waals surface area contributed by atoms with E-state index in [1.807, 2.05) is 29.8 Å². The average molecular weight is 1120 g/mol. The fraction of sp³-hybridized carbons (Fsp3) is 0.750. The van der Waals surface area contributed by atoms with Gasteiger partial charge in [0.1, 0.15) is 22.7 Å². The van der Waals surface area contributed by atoms with Crippen LogP contribution < -0.4 is 14.2 Å². The van der Waals surface area contributed by atoms with Crippen molar-refractivity contribution in [1.29, 1.82) is 0 Å². The molecule has 0 unspecified atom stereocenters. The fourth-order valence-corrected chi connectivity index (χ4v) is 17.2. The van der Waals surface area contributed by atoms with Crippen LogP contribution in [0.15, 0.2) is 24.3 Å². The molecule has 0 atom stereocenters. The van der Waals surface area contributed by atoms with Crippen LogP contribution >= 0.6 is 45.3 Å². The van der Waals surface area contributed by atoms with E-state index in [-0.39, 0.29) is 11.2 Å². The van der Waals surface area contributed by atoms with Crippen LogP contribution in [0.4, 0.5) is 0 Å². The number of fused-ring (bicyclic) bond motifs is 6. The fourth-order valence-electron chi connectivity index (χ4n) is 12.5. The summed E-state index contributed by atoms with van der Waals surface area (Å²) in [5.74, 6) is 1.96. The first-order valence-corrected chi connectivity index (χ1v) is 35.7. The molecule has 0 N–H and O–H groups in total.